The normalized spacial score (nSPS) is 13.4. The van der Waals surface area contributed by atoms with Gasteiger partial charge in [-0.2, -0.15) is 5.26 Å². The molecule has 0 spiro atoms. The van der Waals surface area contributed by atoms with Crippen LogP contribution in [-0.2, 0) is 9.59 Å². The van der Waals surface area contributed by atoms with Gasteiger partial charge < -0.3 is 10.4 Å². The van der Waals surface area contributed by atoms with Crippen molar-refractivity contribution in [1.82, 2.24) is 5.32 Å². The first kappa shape index (κ1) is 15.4. The van der Waals surface area contributed by atoms with Crippen LogP contribution in [0.25, 0.3) is 6.08 Å². The lowest BCUT2D eigenvalue weighted by Crippen LogP contribution is -2.39. The average molecular weight is 272 g/mol. The van der Waals surface area contributed by atoms with E-state index in [-0.39, 0.29) is 5.91 Å². The Balaban J connectivity index is 2.59. The SMILES string of the molecule is CC(NC(=O)/C=C/c1ccc(C#N)cc1)C(C)C(=O)O. The van der Waals surface area contributed by atoms with Gasteiger partial charge in [0.15, 0.2) is 0 Å². The molecule has 1 rings (SSSR count). The Labute approximate surface area is 117 Å². The molecule has 0 fully saturated rings. The number of nitrogens with one attached hydrogen (secondary N) is 1. The zero-order chi connectivity index (χ0) is 15.1. The first-order valence-corrected chi connectivity index (χ1v) is 6.15. The van der Waals surface area contributed by atoms with Gasteiger partial charge in [-0.25, -0.2) is 0 Å². The molecule has 0 heterocycles. The molecule has 2 atom stereocenters. The molecule has 0 aliphatic rings. The van der Waals surface area contributed by atoms with Crippen LogP contribution in [0.4, 0.5) is 0 Å². The highest BCUT2D eigenvalue weighted by molar-refractivity contribution is 5.92. The van der Waals surface area contributed by atoms with Crippen LogP contribution in [0.3, 0.4) is 0 Å². The Kier molecular flexibility index (Phi) is 5.48. The number of benzene rings is 1. The second-order valence-electron chi connectivity index (χ2n) is 4.49. The van der Waals surface area contributed by atoms with E-state index >= 15 is 0 Å². The number of hydrogen-bond donors (Lipinski definition) is 2. The van der Waals surface area contributed by atoms with E-state index in [1.165, 1.54) is 13.0 Å². The number of carboxylic acid groups (broad SMARTS) is 1. The van der Waals surface area contributed by atoms with E-state index in [4.69, 9.17) is 10.4 Å². The molecule has 2 unspecified atom stereocenters. The van der Waals surface area contributed by atoms with E-state index in [2.05, 4.69) is 5.32 Å². The van der Waals surface area contributed by atoms with Crippen LogP contribution >= 0.6 is 0 Å². The van der Waals surface area contributed by atoms with E-state index in [9.17, 15) is 9.59 Å². The Hall–Kier alpha value is -2.61. The molecular weight excluding hydrogens is 256 g/mol. The number of nitrogens with zero attached hydrogens (tertiary/aromatic N) is 1. The number of rotatable bonds is 5. The minimum atomic E-state index is -0.950. The summed E-state index contributed by atoms with van der Waals surface area (Å²) in [6, 6.07) is 8.33. The summed E-state index contributed by atoms with van der Waals surface area (Å²) in [5, 5.41) is 20.1. The lowest BCUT2D eigenvalue weighted by molar-refractivity contribution is -0.142. The maximum absolute atomic E-state index is 11.6. The Bertz CT molecular complexity index is 555. The second kappa shape index (κ2) is 7.10. The Morgan fingerprint density at radius 2 is 1.90 bits per heavy atom. The van der Waals surface area contributed by atoms with Gasteiger partial charge in [-0.05, 0) is 37.6 Å². The molecule has 104 valence electrons. The molecule has 1 amide bonds. The molecule has 5 nitrogen and oxygen atoms in total. The van der Waals surface area contributed by atoms with Crippen molar-refractivity contribution >= 4 is 18.0 Å². The summed E-state index contributed by atoms with van der Waals surface area (Å²) in [5.74, 6) is -1.95. The van der Waals surface area contributed by atoms with E-state index in [1.807, 2.05) is 6.07 Å². The molecule has 0 aliphatic carbocycles. The number of carboxylic acids is 1. The van der Waals surface area contributed by atoms with Gasteiger partial charge in [0, 0.05) is 12.1 Å². The molecule has 0 saturated heterocycles. The zero-order valence-corrected chi connectivity index (χ0v) is 11.3. The lowest BCUT2D eigenvalue weighted by Gasteiger charge is -2.16. The van der Waals surface area contributed by atoms with Crippen molar-refractivity contribution in [2.75, 3.05) is 0 Å². The van der Waals surface area contributed by atoms with E-state index in [0.717, 1.165) is 5.56 Å². The van der Waals surface area contributed by atoms with Crippen LogP contribution in [0.5, 0.6) is 0 Å². The molecule has 5 heteroatoms. The molecular formula is C15H16N2O3. The zero-order valence-electron chi connectivity index (χ0n) is 11.3. The van der Waals surface area contributed by atoms with Crippen molar-refractivity contribution in [2.24, 2.45) is 5.92 Å². The van der Waals surface area contributed by atoms with Crippen LogP contribution in [0.1, 0.15) is 25.0 Å². The molecule has 0 bridgehead atoms. The maximum atomic E-state index is 11.6. The number of carbonyl (C=O) groups is 2. The molecule has 20 heavy (non-hydrogen) atoms. The van der Waals surface area contributed by atoms with Crippen molar-refractivity contribution in [2.45, 2.75) is 19.9 Å². The van der Waals surface area contributed by atoms with Crippen molar-refractivity contribution in [3.8, 4) is 6.07 Å². The highest BCUT2D eigenvalue weighted by Gasteiger charge is 2.19. The van der Waals surface area contributed by atoms with E-state index in [0.29, 0.717) is 5.56 Å². The third-order valence-electron chi connectivity index (χ3n) is 2.98. The first-order chi connectivity index (χ1) is 9.43. The molecule has 0 aromatic heterocycles. The van der Waals surface area contributed by atoms with Crippen molar-refractivity contribution in [1.29, 1.82) is 5.26 Å². The minimum absolute atomic E-state index is 0.352. The van der Waals surface area contributed by atoms with E-state index < -0.39 is 17.9 Å². The number of amides is 1. The van der Waals surface area contributed by atoms with Gasteiger partial charge in [0.2, 0.25) is 5.91 Å². The van der Waals surface area contributed by atoms with Crippen molar-refractivity contribution < 1.29 is 14.7 Å². The van der Waals surface area contributed by atoms with Crippen molar-refractivity contribution in [3.63, 3.8) is 0 Å². The summed E-state index contributed by atoms with van der Waals surface area (Å²) in [7, 11) is 0. The largest absolute Gasteiger partial charge is 0.481 e. The summed E-state index contributed by atoms with van der Waals surface area (Å²) < 4.78 is 0. The third-order valence-corrected chi connectivity index (χ3v) is 2.98. The van der Waals surface area contributed by atoms with Gasteiger partial charge >= 0.3 is 5.97 Å². The first-order valence-electron chi connectivity index (χ1n) is 6.15. The van der Waals surface area contributed by atoms with Gasteiger partial charge in [0.1, 0.15) is 0 Å². The smallest absolute Gasteiger partial charge is 0.308 e. The summed E-state index contributed by atoms with van der Waals surface area (Å²) in [4.78, 5) is 22.4. The van der Waals surface area contributed by atoms with E-state index in [1.54, 1.807) is 37.3 Å². The number of nitriles is 1. The van der Waals surface area contributed by atoms with Crippen LogP contribution in [0, 0.1) is 17.2 Å². The minimum Gasteiger partial charge on any atom is -0.481 e. The predicted molar refractivity (Wildman–Crippen MR) is 74.6 cm³/mol. The number of aliphatic carboxylic acids is 1. The molecule has 0 aliphatic heterocycles. The van der Waals surface area contributed by atoms with Gasteiger partial charge in [-0.3, -0.25) is 9.59 Å². The monoisotopic (exact) mass is 272 g/mol. The highest BCUT2D eigenvalue weighted by Crippen LogP contribution is 2.06. The molecule has 0 saturated carbocycles. The Morgan fingerprint density at radius 1 is 1.30 bits per heavy atom. The summed E-state index contributed by atoms with van der Waals surface area (Å²) >= 11 is 0. The maximum Gasteiger partial charge on any atom is 0.308 e. The van der Waals surface area contributed by atoms with Crippen LogP contribution < -0.4 is 5.32 Å². The predicted octanol–water partition coefficient (Wildman–Crippen LogP) is 1.80. The fourth-order valence-electron chi connectivity index (χ4n) is 1.45. The molecule has 1 aromatic rings. The van der Waals surface area contributed by atoms with Gasteiger partial charge in [-0.1, -0.05) is 12.1 Å². The average Bonchev–Trinajstić information content (AvgIpc) is 2.44. The third kappa shape index (κ3) is 4.58. The second-order valence-corrected chi connectivity index (χ2v) is 4.49. The number of carbonyl (C=O) groups excluding carboxylic acids is 1. The molecule has 0 radical (unpaired) electrons. The van der Waals surface area contributed by atoms with Gasteiger partial charge in [0.05, 0.1) is 17.6 Å². The fraction of sp³-hybridized carbons (Fsp3) is 0.267. The van der Waals surface area contributed by atoms with Gasteiger partial charge in [-0.15, -0.1) is 0 Å². The lowest BCUT2D eigenvalue weighted by atomic mass is 10.0. The topological polar surface area (TPSA) is 90.2 Å². The quantitative estimate of drug-likeness (QED) is 0.800. The summed E-state index contributed by atoms with van der Waals surface area (Å²) in [6.07, 6.45) is 2.95. The molecule has 2 N–H and O–H groups in total. The Morgan fingerprint density at radius 3 is 2.40 bits per heavy atom. The van der Waals surface area contributed by atoms with Crippen LogP contribution in [-0.4, -0.2) is 23.0 Å². The van der Waals surface area contributed by atoms with Crippen LogP contribution in [0.2, 0.25) is 0 Å². The summed E-state index contributed by atoms with van der Waals surface area (Å²) in [6.45, 7) is 3.18. The van der Waals surface area contributed by atoms with Gasteiger partial charge in [0.25, 0.3) is 0 Å². The fourth-order valence-corrected chi connectivity index (χ4v) is 1.45. The van der Waals surface area contributed by atoms with Crippen LogP contribution in [0.15, 0.2) is 30.3 Å². The highest BCUT2D eigenvalue weighted by atomic mass is 16.4. The molecule has 1 aromatic carbocycles. The number of hydrogen-bond acceptors (Lipinski definition) is 3. The standard InChI is InChI=1S/C15H16N2O3/c1-10(15(19)20)11(2)17-14(18)8-7-12-3-5-13(9-16)6-4-12/h3-8,10-11H,1-2H3,(H,17,18)(H,19,20)/b8-7+. The summed E-state index contributed by atoms with van der Waals surface area (Å²) in [5.41, 5.74) is 1.34. The van der Waals surface area contributed by atoms with Crippen molar-refractivity contribution in [3.05, 3.63) is 41.5 Å².